The van der Waals surface area contributed by atoms with Gasteiger partial charge in [0.15, 0.2) is 0 Å². The lowest BCUT2D eigenvalue weighted by atomic mass is 9.99. The van der Waals surface area contributed by atoms with E-state index in [4.69, 9.17) is 5.41 Å². The molecule has 0 spiro atoms. The molecule has 1 amide bonds. The second-order valence-corrected chi connectivity index (χ2v) is 2.56. The average molecular weight is 150 g/mol. The summed E-state index contributed by atoms with van der Waals surface area (Å²) in [5.74, 6) is -0.0852. The molecule has 0 fully saturated rings. The molecule has 58 valence electrons. The van der Waals surface area contributed by atoms with Crippen LogP contribution in [0.4, 0.5) is 0 Å². The lowest BCUT2D eigenvalue weighted by molar-refractivity contribution is -0.116. The number of rotatable bonds is 0. The molecule has 0 aromatic rings. The van der Waals surface area contributed by atoms with Gasteiger partial charge in [-0.2, -0.15) is 0 Å². The Hall–Kier alpha value is -1.38. The van der Waals surface area contributed by atoms with E-state index in [0.717, 1.165) is 5.57 Å². The molecule has 1 rings (SSSR count). The van der Waals surface area contributed by atoms with E-state index in [9.17, 15) is 4.79 Å². The molecule has 0 bridgehead atoms. The molecule has 0 aromatic heterocycles. The van der Waals surface area contributed by atoms with Crippen molar-refractivity contribution in [1.29, 1.82) is 5.41 Å². The van der Waals surface area contributed by atoms with Crippen LogP contribution in [0, 0.1) is 5.41 Å². The van der Waals surface area contributed by atoms with Crippen molar-refractivity contribution in [1.82, 2.24) is 5.32 Å². The van der Waals surface area contributed by atoms with Crippen LogP contribution in [0.25, 0.3) is 0 Å². The van der Waals surface area contributed by atoms with E-state index in [-0.39, 0.29) is 11.7 Å². The third kappa shape index (κ3) is 1.09. The van der Waals surface area contributed by atoms with Gasteiger partial charge < -0.3 is 5.32 Å². The second kappa shape index (κ2) is 2.34. The fourth-order valence-corrected chi connectivity index (χ4v) is 0.867. The number of amides is 1. The van der Waals surface area contributed by atoms with Gasteiger partial charge in [-0.25, -0.2) is 0 Å². The highest BCUT2D eigenvalue weighted by atomic mass is 16.1. The summed E-state index contributed by atoms with van der Waals surface area (Å²) in [5.41, 5.74) is 2.05. The van der Waals surface area contributed by atoms with E-state index < -0.39 is 0 Å². The molecule has 3 heteroatoms. The minimum absolute atomic E-state index is 0.109. The molecule has 0 aliphatic carbocycles. The normalized spacial score (nSPS) is 18.9. The Morgan fingerprint density at radius 1 is 1.36 bits per heavy atom. The van der Waals surface area contributed by atoms with Crippen LogP contribution in [0.5, 0.6) is 0 Å². The summed E-state index contributed by atoms with van der Waals surface area (Å²) >= 11 is 0. The zero-order valence-corrected chi connectivity index (χ0v) is 6.62. The van der Waals surface area contributed by atoms with Gasteiger partial charge in [-0.1, -0.05) is 6.58 Å². The van der Waals surface area contributed by atoms with Crippen molar-refractivity contribution in [2.45, 2.75) is 13.8 Å². The Morgan fingerprint density at radius 3 is 2.45 bits per heavy atom. The maximum Gasteiger partial charge on any atom is 0.252 e. The SMILES string of the molecule is C=C1C(=N)NC(=O)C(C)=C1C. The quantitative estimate of drug-likeness (QED) is 0.531. The summed E-state index contributed by atoms with van der Waals surface area (Å²) in [4.78, 5) is 11.0. The molecule has 0 radical (unpaired) electrons. The van der Waals surface area contributed by atoms with Crippen molar-refractivity contribution in [3.63, 3.8) is 0 Å². The predicted molar refractivity (Wildman–Crippen MR) is 43.4 cm³/mol. The Morgan fingerprint density at radius 2 is 1.91 bits per heavy atom. The number of hydrogen-bond acceptors (Lipinski definition) is 2. The second-order valence-electron chi connectivity index (χ2n) is 2.56. The zero-order valence-electron chi connectivity index (χ0n) is 6.62. The van der Waals surface area contributed by atoms with Crippen LogP contribution in [0.2, 0.25) is 0 Å². The van der Waals surface area contributed by atoms with Crippen LogP contribution in [0.1, 0.15) is 13.8 Å². The van der Waals surface area contributed by atoms with Gasteiger partial charge >= 0.3 is 0 Å². The Kier molecular flexibility index (Phi) is 1.64. The first-order valence-corrected chi connectivity index (χ1v) is 3.31. The van der Waals surface area contributed by atoms with Gasteiger partial charge in [-0.05, 0) is 19.4 Å². The van der Waals surface area contributed by atoms with Gasteiger partial charge in [0.25, 0.3) is 5.91 Å². The topological polar surface area (TPSA) is 53.0 Å². The van der Waals surface area contributed by atoms with Crippen molar-refractivity contribution in [3.05, 3.63) is 23.3 Å². The van der Waals surface area contributed by atoms with Crippen LogP contribution in [-0.4, -0.2) is 11.7 Å². The van der Waals surface area contributed by atoms with Gasteiger partial charge in [-0.15, -0.1) is 0 Å². The maximum atomic E-state index is 11.0. The Labute approximate surface area is 65.3 Å². The van der Waals surface area contributed by atoms with Gasteiger partial charge in [-0.3, -0.25) is 10.2 Å². The first kappa shape index (κ1) is 7.72. The lowest BCUT2D eigenvalue weighted by Gasteiger charge is -2.18. The highest BCUT2D eigenvalue weighted by molar-refractivity contribution is 6.17. The first-order chi connectivity index (χ1) is 5.04. The number of nitrogens with one attached hydrogen (secondary N) is 2. The van der Waals surface area contributed by atoms with Crippen LogP contribution in [-0.2, 0) is 4.79 Å². The van der Waals surface area contributed by atoms with E-state index in [1.54, 1.807) is 13.8 Å². The fraction of sp³-hybridized carbons (Fsp3) is 0.250. The smallest absolute Gasteiger partial charge is 0.252 e. The summed E-state index contributed by atoms with van der Waals surface area (Å²) in [6.45, 7) is 7.18. The molecular formula is C8H10N2O. The molecule has 3 nitrogen and oxygen atoms in total. The van der Waals surface area contributed by atoms with Crippen LogP contribution in [0.15, 0.2) is 23.3 Å². The lowest BCUT2D eigenvalue weighted by Crippen LogP contribution is -2.36. The van der Waals surface area contributed by atoms with E-state index >= 15 is 0 Å². The van der Waals surface area contributed by atoms with Crippen molar-refractivity contribution in [2.24, 2.45) is 0 Å². The standard InChI is InChI=1S/C8H10N2O/c1-4-5(2)7(9)10-8(11)6(4)3/h2H2,1,3H3,(H2,9,10,11). The molecule has 0 unspecified atom stereocenters. The van der Waals surface area contributed by atoms with Crippen molar-refractivity contribution in [2.75, 3.05) is 0 Å². The zero-order chi connectivity index (χ0) is 8.59. The van der Waals surface area contributed by atoms with Crippen molar-refractivity contribution >= 4 is 11.7 Å². The molecule has 1 aliphatic rings. The molecule has 1 heterocycles. The van der Waals surface area contributed by atoms with Gasteiger partial charge in [0.2, 0.25) is 0 Å². The van der Waals surface area contributed by atoms with Crippen LogP contribution < -0.4 is 5.32 Å². The molecule has 0 aromatic carbocycles. The molecule has 11 heavy (non-hydrogen) atoms. The van der Waals surface area contributed by atoms with E-state index in [2.05, 4.69) is 11.9 Å². The fourth-order valence-electron chi connectivity index (χ4n) is 0.867. The molecule has 1 aliphatic heterocycles. The summed E-state index contributed by atoms with van der Waals surface area (Å²) < 4.78 is 0. The summed E-state index contributed by atoms with van der Waals surface area (Å²) in [7, 11) is 0. The third-order valence-electron chi connectivity index (χ3n) is 1.90. The van der Waals surface area contributed by atoms with E-state index in [1.807, 2.05) is 0 Å². The molecular weight excluding hydrogens is 140 g/mol. The van der Waals surface area contributed by atoms with Gasteiger partial charge in [0.1, 0.15) is 5.84 Å². The maximum absolute atomic E-state index is 11.0. The van der Waals surface area contributed by atoms with Gasteiger partial charge in [0.05, 0.1) is 0 Å². The number of amidine groups is 1. The third-order valence-corrected chi connectivity index (χ3v) is 1.90. The number of hydrogen-bond donors (Lipinski definition) is 2. The molecule has 2 N–H and O–H groups in total. The van der Waals surface area contributed by atoms with Crippen LogP contribution in [0.3, 0.4) is 0 Å². The summed E-state index contributed by atoms with van der Waals surface area (Å²) in [6, 6.07) is 0. The number of carbonyl (C=O) groups excluding carboxylic acids is 1. The molecule has 0 atom stereocenters. The Balaban J connectivity index is 3.18. The summed E-state index contributed by atoms with van der Waals surface area (Å²) in [6.07, 6.45) is 0. The van der Waals surface area contributed by atoms with Crippen molar-refractivity contribution in [3.8, 4) is 0 Å². The monoisotopic (exact) mass is 150 g/mol. The van der Waals surface area contributed by atoms with E-state index in [1.165, 1.54) is 0 Å². The highest BCUT2D eigenvalue weighted by Gasteiger charge is 2.19. The average Bonchev–Trinajstić information content (AvgIpc) is 1.97. The molecule has 0 saturated carbocycles. The van der Waals surface area contributed by atoms with Crippen molar-refractivity contribution < 1.29 is 4.79 Å². The minimum atomic E-state index is -0.195. The first-order valence-electron chi connectivity index (χ1n) is 3.31. The predicted octanol–water partition coefficient (Wildman–Crippen LogP) is 0.986. The highest BCUT2D eigenvalue weighted by Crippen LogP contribution is 2.16. The largest absolute Gasteiger partial charge is 0.307 e. The van der Waals surface area contributed by atoms with Crippen LogP contribution >= 0.6 is 0 Å². The number of carbonyl (C=O) groups is 1. The Bertz CT molecular complexity index is 286. The summed E-state index contributed by atoms with van der Waals surface area (Å²) in [5, 5.41) is 9.68. The molecule has 0 saturated heterocycles. The van der Waals surface area contributed by atoms with E-state index in [0.29, 0.717) is 11.1 Å². The van der Waals surface area contributed by atoms with Gasteiger partial charge in [0, 0.05) is 11.1 Å². The minimum Gasteiger partial charge on any atom is -0.307 e.